The smallest absolute Gasteiger partial charge is 0.375 e. The van der Waals surface area contributed by atoms with Crippen molar-refractivity contribution >= 4 is 42.1 Å². The van der Waals surface area contributed by atoms with E-state index in [2.05, 4.69) is 10.6 Å². The zero-order valence-electron chi connectivity index (χ0n) is 9.66. The first-order chi connectivity index (χ1) is 7.92. The van der Waals surface area contributed by atoms with Crippen molar-refractivity contribution in [1.29, 1.82) is 0 Å². The summed E-state index contributed by atoms with van der Waals surface area (Å²) in [5, 5.41) is 4.60. The highest BCUT2D eigenvalue weighted by Crippen LogP contribution is 2.23. The number of hydrogen-bond donors (Lipinski definition) is 3. The molecule has 4 nitrogen and oxygen atoms in total. The summed E-state index contributed by atoms with van der Waals surface area (Å²) in [5.41, 5.74) is 5.57. The lowest BCUT2D eigenvalue weighted by molar-refractivity contribution is -0.115. The second-order valence-electron chi connectivity index (χ2n) is 3.27. The lowest BCUT2D eigenvalue weighted by atomic mass is 10.2. The highest BCUT2D eigenvalue weighted by molar-refractivity contribution is 5.95. The molecule has 0 unspecified atom stereocenters. The first-order valence-electron chi connectivity index (χ1n) is 4.82. The Morgan fingerprint density at radius 2 is 1.68 bits per heavy atom. The summed E-state index contributed by atoms with van der Waals surface area (Å²) in [5.74, 6) is -0.466. The first kappa shape index (κ1) is 20.1. The predicted octanol–water partition coefficient (Wildman–Crippen LogP) is 2.40. The van der Waals surface area contributed by atoms with Crippen LogP contribution < -0.4 is 16.4 Å². The number of alkyl halides is 3. The number of amides is 1. The van der Waals surface area contributed by atoms with E-state index in [0.29, 0.717) is 0 Å². The maximum atomic E-state index is 12.0. The monoisotopic (exact) mass is 319 g/mol. The van der Waals surface area contributed by atoms with Crippen LogP contribution in [0.25, 0.3) is 0 Å². The Kier molecular flexibility index (Phi) is 9.37. The molecule has 0 aliphatic heterocycles. The van der Waals surface area contributed by atoms with Crippen LogP contribution in [-0.2, 0) is 4.79 Å². The summed E-state index contributed by atoms with van der Waals surface area (Å²) < 4.78 is 36.1. The van der Waals surface area contributed by atoms with Crippen molar-refractivity contribution in [3.63, 3.8) is 0 Å². The van der Waals surface area contributed by atoms with E-state index in [1.807, 2.05) is 0 Å². The van der Waals surface area contributed by atoms with Gasteiger partial charge in [0, 0.05) is 0 Å². The molecule has 0 saturated heterocycles. The zero-order valence-corrected chi connectivity index (χ0v) is 11.3. The maximum absolute atomic E-state index is 12.0. The van der Waals surface area contributed by atoms with E-state index in [1.165, 1.54) is 12.1 Å². The van der Waals surface area contributed by atoms with E-state index in [0.717, 1.165) is 0 Å². The minimum absolute atomic E-state index is 0. The number of nitrogens with two attached hydrogens (primary N) is 1. The van der Waals surface area contributed by atoms with Crippen molar-refractivity contribution in [3.05, 3.63) is 24.3 Å². The molecule has 9 heteroatoms. The minimum Gasteiger partial charge on any atom is -0.375 e. The third kappa shape index (κ3) is 7.76. The molecular formula is C10H14Cl2F3N3O. The van der Waals surface area contributed by atoms with Crippen LogP contribution in [0.1, 0.15) is 0 Å². The van der Waals surface area contributed by atoms with Gasteiger partial charge in [-0.1, -0.05) is 12.1 Å². The molecule has 0 saturated carbocycles. The molecule has 1 rings (SSSR count). The minimum atomic E-state index is -4.31. The number of halogens is 5. The van der Waals surface area contributed by atoms with Gasteiger partial charge in [0.25, 0.3) is 0 Å². The van der Waals surface area contributed by atoms with Crippen LogP contribution >= 0.6 is 24.8 Å². The molecule has 110 valence electrons. The summed E-state index contributed by atoms with van der Waals surface area (Å²) in [7, 11) is 0. The van der Waals surface area contributed by atoms with Gasteiger partial charge in [0.05, 0.1) is 17.9 Å². The van der Waals surface area contributed by atoms with Gasteiger partial charge in [0.1, 0.15) is 6.54 Å². The van der Waals surface area contributed by atoms with Gasteiger partial charge >= 0.3 is 6.18 Å². The molecule has 0 radical (unpaired) electrons. The van der Waals surface area contributed by atoms with Crippen molar-refractivity contribution < 1.29 is 18.0 Å². The molecule has 1 amide bonds. The van der Waals surface area contributed by atoms with Crippen molar-refractivity contribution in [3.8, 4) is 0 Å². The third-order valence-corrected chi connectivity index (χ3v) is 1.87. The molecule has 19 heavy (non-hydrogen) atoms. The molecule has 0 aliphatic rings. The van der Waals surface area contributed by atoms with Crippen LogP contribution in [0.2, 0.25) is 0 Å². The topological polar surface area (TPSA) is 67.2 Å². The van der Waals surface area contributed by atoms with Crippen molar-refractivity contribution in [1.82, 2.24) is 0 Å². The number of carbonyl (C=O) groups is 1. The summed E-state index contributed by atoms with van der Waals surface area (Å²) in [4.78, 5) is 11.0. The van der Waals surface area contributed by atoms with Crippen LogP contribution in [0.15, 0.2) is 24.3 Å². The maximum Gasteiger partial charge on any atom is 0.405 e. The molecule has 4 N–H and O–H groups in total. The van der Waals surface area contributed by atoms with Gasteiger partial charge in [-0.2, -0.15) is 13.2 Å². The Bertz CT molecular complexity index is 402. The Morgan fingerprint density at radius 1 is 1.16 bits per heavy atom. The molecule has 1 aromatic rings. The summed E-state index contributed by atoms with van der Waals surface area (Å²) in [6.07, 6.45) is -4.31. The lowest BCUT2D eigenvalue weighted by Crippen LogP contribution is -2.24. The first-order valence-corrected chi connectivity index (χ1v) is 4.82. The lowest BCUT2D eigenvalue weighted by Gasteiger charge is -2.13. The fourth-order valence-electron chi connectivity index (χ4n) is 1.14. The Hall–Kier alpha value is -1.18. The van der Waals surface area contributed by atoms with Gasteiger partial charge in [-0.05, 0) is 12.1 Å². The average molecular weight is 320 g/mol. The summed E-state index contributed by atoms with van der Waals surface area (Å²) in [6.45, 7) is -1.39. The standard InChI is InChI=1S/C10H12F3N3O.2ClH/c11-10(12,13)6-15-7-3-1-2-4-8(7)16-9(17)5-14;;/h1-4,15H,5-6,14H2,(H,16,17);2*1H. The number of anilines is 2. The summed E-state index contributed by atoms with van der Waals surface area (Å²) >= 11 is 0. The number of hydrogen-bond acceptors (Lipinski definition) is 3. The Morgan fingerprint density at radius 3 is 2.16 bits per heavy atom. The number of benzene rings is 1. The molecule has 0 heterocycles. The SMILES string of the molecule is Cl.Cl.NCC(=O)Nc1ccccc1NCC(F)(F)F. The van der Waals surface area contributed by atoms with Gasteiger partial charge in [-0.15, -0.1) is 24.8 Å². The molecular weight excluding hydrogens is 306 g/mol. The largest absolute Gasteiger partial charge is 0.405 e. The van der Waals surface area contributed by atoms with E-state index < -0.39 is 18.6 Å². The van der Waals surface area contributed by atoms with Crippen LogP contribution in [-0.4, -0.2) is 25.2 Å². The number of nitrogens with one attached hydrogen (secondary N) is 2. The van der Waals surface area contributed by atoms with E-state index in [-0.39, 0.29) is 42.7 Å². The van der Waals surface area contributed by atoms with Crippen LogP contribution in [0.4, 0.5) is 24.5 Å². The fraction of sp³-hybridized carbons (Fsp3) is 0.300. The van der Waals surface area contributed by atoms with Gasteiger partial charge in [0.2, 0.25) is 5.91 Å². The molecule has 0 spiro atoms. The van der Waals surface area contributed by atoms with Crippen LogP contribution in [0, 0.1) is 0 Å². The molecule has 0 atom stereocenters. The third-order valence-electron chi connectivity index (χ3n) is 1.87. The molecule has 0 aromatic heterocycles. The fourth-order valence-corrected chi connectivity index (χ4v) is 1.14. The quantitative estimate of drug-likeness (QED) is 0.798. The second-order valence-corrected chi connectivity index (χ2v) is 3.27. The van der Waals surface area contributed by atoms with Gasteiger partial charge < -0.3 is 16.4 Å². The summed E-state index contributed by atoms with van der Waals surface area (Å²) in [6, 6.07) is 6.10. The van der Waals surface area contributed by atoms with E-state index in [9.17, 15) is 18.0 Å². The molecule has 0 aliphatic carbocycles. The van der Waals surface area contributed by atoms with Crippen molar-refractivity contribution in [2.75, 3.05) is 23.7 Å². The molecule has 1 aromatic carbocycles. The second kappa shape index (κ2) is 8.84. The van der Waals surface area contributed by atoms with Crippen molar-refractivity contribution in [2.45, 2.75) is 6.18 Å². The van der Waals surface area contributed by atoms with Crippen LogP contribution in [0.5, 0.6) is 0 Å². The number of rotatable bonds is 4. The predicted molar refractivity (Wildman–Crippen MR) is 73.2 cm³/mol. The van der Waals surface area contributed by atoms with Gasteiger partial charge in [-0.25, -0.2) is 0 Å². The van der Waals surface area contributed by atoms with E-state index >= 15 is 0 Å². The van der Waals surface area contributed by atoms with Crippen molar-refractivity contribution in [2.24, 2.45) is 5.73 Å². The van der Waals surface area contributed by atoms with Gasteiger partial charge in [-0.3, -0.25) is 4.79 Å². The van der Waals surface area contributed by atoms with Crippen LogP contribution in [0.3, 0.4) is 0 Å². The average Bonchev–Trinajstić information content (AvgIpc) is 2.26. The van der Waals surface area contributed by atoms with E-state index in [4.69, 9.17) is 5.73 Å². The highest BCUT2D eigenvalue weighted by atomic mass is 35.5. The highest BCUT2D eigenvalue weighted by Gasteiger charge is 2.26. The zero-order chi connectivity index (χ0) is 12.9. The number of carbonyl (C=O) groups excluding carboxylic acids is 1. The Balaban J connectivity index is 0. The Labute approximate surface area is 120 Å². The number of para-hydroxylation sites is 2. The van der Waals surface area contributed by atoms with E-state index in [1.54, 1.807) is 12.1 Å². The molecule has 0 bridgehead atoms. The normalized spacial score (nSPS) is 9.89. The van der Waals surface area contributed by atoms with Gasteiger partial charge in [0.15, 0.2) is 0 Å². The molecule has 0 fully saturated rings.